The van der Waals surface area contributed by atoms with Crippen molar-refractivity contribution in [2.24, 2.45) is 5.92 Å². The Morgan fingerprint density at radius 3 is 2.59 bits per heavy atom. The van der Waals surface area contributed by atoms with E-state index >= 15 is 0 Å². The second-order valence-corrected chi connectivity index (χ2v) is 5.53. The van der Waals surface area contributed by atoms with E-state index in [2.05, 4.69) is 17.4 Å². The molecule has 0 spiro atoms. The van der Waals surface area contributed by atoms with Crippen molar-refractivity contribution in [3.05, 3.63) is 34.9 Å². The number of hydrogen-bond donors (Lipinski definition) is 1. The fourth-order valence-electron chi connectivity index (χ4n) is 3.33. The largest absolute Gasteiger partial charge is 0.375 e. The summed E-state index contributed by atoms with van der Waals surface area (Å²) in [5, 5.41) is 4.24. The van der Waals surface area contributed by atoms with Gasteiger partial charge in [-0.2, -0.15) is 0 Å². The predicted molar refractivity (Wildman–Crippen MR) is 69.3 cm³/mol. The molecular formula is C14H18ClNO. The Labute approximate surface area is 107 Å². The minimum atomic E-state index is 0.391. The number of halogens is 1. The molecule has 1 N–H and O–H groups in total. The first-order chi connectivity index (χ1) is 8.28. The molecule has 2 saturated heterocycles. The summed E-state index contributed by atoms with van der Waals surface area (Å²) in [5.74, 6) is 0.611. The molecule has 2 heterocycles. The average molecular weight is 252 g/mol. The van der Waals surface area contributed by atoms with Crippen molar-refractivity contribution in [2.45, 2.75) is 37.5 Å². The number of ether oxygens (including phenoxy) is 1. The smallest absolute Gasteiger partial charge is 0.0627 e. The second kappa shape index (κ2) is 4.60. The van der Waals surface area contributed by atoms with E-state index in [4.69, 9.17) is 16.3 Å². The van der Waals surface area contributed by atoms with Gasteiger partial charge in [-0.3, -0.25) is 0 Å². The molecule has 0 radical (unpaired) electrons. The van der Waals surface area contributed by atoms with Crippen LogP contribution >= 0.6 is 11.6 Å². The Balaban J connectivity index is 1.81. The zero-order chi connectivity index (χ0) is 11.8. The molecule has 2 nitrogen and oxygen atoms in total. The fourth-order valence-corrected chi connectivity index (χ4v) is 3.45. The van der Waals surface area contributed by atoms with E-state index < -0.39 is 0 Å². The summed E-state index contributed by atoms with van der Waals surface area (Å²) in [6.07, 6.45) is 4.62. The molecule has 4 unspecified atom stereocenters. The van der Waals surface area contributed by atoms with Gasteiger partial charge in [-0.25, -0.2) is 0 Å². The zero-order valence-corrected chi connectivity index (χ0v) is 10.8. The monoisotopic (exact) mass is 251 g/mol. The molecule has 2 aliphatic heterocycles. The number of hydrogen-bond acceptors (Lipinski definition) is 2. The van der Waals surface area contributed by atoms with Gasteiger partial charge < -0.3 is 10.1 Å². The molecule has 0 saturated carbocycles. The van der Waals surface area contributed by atoms with E-state index in [9.17, 15) is 0 Å². The second-order valence-electron chi connectivity index (χ2n) is 5.09. The molecule has 1 aromatic rings. The van der Waals surface area contributed by atoms with Crippen LogP contribution in [0.5, 0.6) is 0 Å². The number of benzene rings is 1. The van der Waals surface area contributed by atoms with Gasteiger partial charge in [0.05, 0.1) is 12.2 Å². The lowest BCUT2D eigenvalue weighted by Gasteiger charge is -2.28. The van der Waals surface area contributed by atoms with Crippen LogP contribution in [0.3, 0.4) is 0 Å². The number of rotatable bonds is 3. The molecule has 4 atom stereocenters. The first-order valence-electron chi connectivity index (χ1n) is 6.36. The Kier molecular flexibility index (Phi) is 3.12. The van der Waals surface area contributed by atoms with E-state index in [-0.39, 0.29) is 0 Å². The molecular weight excluding hydrogens is 234 g/mol. The van der Waals surface area contributed by atoms with E-state index in [1.165, 1.54) is 24.8 Å². The van der Waals surface area contributed by atoms with Crippen LogP contribution in [-0.2, 0) is 4.74 Å². The maximum atomic E-state index is 5.95. The number of fused-ring (bicyclic) bond motifs is 2. The van der Waals surface area contributed by atoms with Gasteiger partial charge in [-0.05, 0) is 44.0 Å². The van der Waals surface area contributed by atoms with Gasteiger partial charge >= 0.3 is 0 Å². The van der Waals surface area contributed by atoms with E-state index in [1.807, 2.05) is 19.2 Å². The van der Waals surface area contributed by atoms with Gasteiger partial charge in [0.1, 0.15) is 0 Å². The van der Waals surface area contributed by atoms with Gasteiger partial charge in [0.15, 0.2) is 0 Å². The van der Waals surface area contributed by atoms with Crippen LogP contribution in [0, 0.1) is 5.92 Å². The summed E-state index contributed by atoms with van der Waals surface area (Å²) in [4.78, 5) is 0. The molecule has 0 aromatic heterocycles. The highest BCUT2D eigenvalue weighted by molar-refractivity contribution is 6.30. The SMILES string of the molecule is CNC(c1ccc(Cl)cc1)C1CC2CCC1O2. The van der Waals surface area contributed by atoms with Crippen molar-refractivity contribution in [3.8, 4) is 0 Å². The van der Waals surface area contributed by atoms with Crippen LogP contribution < -0.4 is 5.32 Å². The molecule has 3 heteroatoms. The van der Waals surface area contributed by atoms with Gasteiger partial charge in [-0.1, -0.05) is 23.7 Å². The maximum absolute atomic E-state index is 5.95. The highest BCUT2D eigenvalue weighted by Crippen LogP contribution is 2.44. The lowest BCUT2D eigenvalue weighted by Crippen LogP contribution is -2.31. The third kappa shape index (κ3) is 2.10. The molecule has 2 bridgehead atoms. The van der Waals surface area contributed by atoms with Crippen molar-refractivity contribution in [2.75, 3.05) is 7.05 Å². The van der Waals surface area contributed by atoms with Crippen molar-refractivity contribution < 1.29 is 4.74 Å². The molecule has 1 aromatic carbocycles. The maximum Gasteiger partial charge on any atom is 0.0627 e. The summed E-state index contributed by atoms with van der Waals surface area (Å²) < 4.78 is 5.95. The predicted octanol–water partition coefficient (Wildman–Crippen LogP) is 3.17. The average Bonchev–Trinajstić information content (AvgIpc) is 2.95. The third-order valence-electron chi connectivity index (χ3n) is 4.12. The highest BCUT2D eigenvalue weighted by atomic mass is 35.5. The highest BCUT2D eigenvalue weighted by Gasteiger charge is 2.44. The molecule has 0 aliphatic carbocycles. The number of nitrogens with one attached hydrogen (secondary N) is 1. The minimum absolute atomic E-state index is 0.391. The summed E-state index contributed by atoms with van der Waals surface area (Å²) in [6.45, 7) is 0. The summed E-state index contributed by atoms with van der Waals surface area (Å²) >= 11 is 5.94. The Morgan fingerprint density at radius 1 is 1.29 bits per heavy atom. The van der Waals surface area contributed by atoms with Crippen molar-refractivity contribution in [3.63, 3.8) is 0 Å². The van der Waals surface area contributed by atoms with Crippen LogP contribution in [0.1, 0.15) is 30.9 Å². The zero-order valence-electron chi connectivity index (χ0n) is 10.0. The molecule has 0 amide bonds. The molecule has 17 heavy (non-hydrogen) atoms. The van der Waals surface area contributed by atoms with Crippen LogP contribution in [0.25, 0.3) is 0 Å². The first-order valence-corrected chi connectivity index (χ1v) is 6.74. The quantitative estimate of drug-likeness (QED) is 0.891. The first kappa shape index (κ1) is 11.5. The minimum Gasteiger partial charge on any atom is -0.375 e. The molecule has 2 fully saturated rings. The Hall–Kier alpha value is -0.570. The van der Waals surface area contributed by atoms with Gasteiger partial charge in [-0.15, -0.1) is 0 Å². The van der Waals surface area contributed by atoms with Gasteiger partial charge in [0.25, 0.3) is 0 Å². The van der Waals surface area contributed by atoms with Crippen molar-refractivity contribution in [1.82, 2.24) is 5.32 Å². The van der Waals surface area contributed by atoms with Gasteiger partial charge in [0.2, 0.25) is 0 Å². The summed E-state index contributed by atoms with van der Waals surface area (Å²) in [6, 6.07) is 8.57. The van der Waals surface area contributed by atoms with E-state index in [1.54, 1.807) is 0 Å². The third-order valence-corrected chi connectivity index (χ3v) is 4.37. The van der Waals surface area contributed by atoms with Gasteiger partial charge in [0, 0.05) is 17.0 Å². The summed E-state index contributed by atoms with van der Waals surface area (Å²) in [5.41, 5.74) is 1.32. The van der Waals surface area contributed by atoms with Crippen LogP contribution in [0.2, 0.25) is 5.02 Å². The lowest BCUT2D eigenvalue weighted by molar-refractivity contribution is 0.0863. The Bertz CT molecular complexity index is 392. The fraction of sp³-hybridized carbons (Fsp3) is 0.571. The van der Waals surface area contributed by atoms with E-state index in [0.717, 1.165) is 5.02 Å². The summed E-state index contributed by atoms with van der Waals surface area (Å²) in [7, 11) is 2.03. The lowest BCUT2D eigenvalue weighted by atomic mass is 9.81. The molecule has 92 valence electrons. The molecule has 3 rings (SSSR count). The topological polar surface area (TPSA) is 21.3 Å². The molecule has 2 aliphatic rings. The van der Waals surface area contributed by atoms with Crippen molar-refractivity contribution >= 4 is 11.6 Å². The van der Waals surface area contributed by atoms with Crippen LogP contribution in [0.4, 0.5) is 0 Å². The Morgan fingerprint density at radius 2 is 2.06 bits per heavy atom. The normalized spacial score (nSPS) is 32.9. The standard InChI is InChI=1S/C14H18ClNO/c1-16-14(9-2-4-10(15)5-3-9)12-8-11-6-7-13(12)17-11/h2-5,11-14,16H,6-8H2,1H3. The van der Waals surface area contributed by atoms with Crippen LogP contribution in [-0.4, -0.2) is 19.3 Å². The van der Waals surface area contributed by atoms with Crippen LogP contribution in [0.15, 0.2) is 24.3 Å². The van der Waals surface area contributed by atoms with Crippen molar-refractivity contribution in [1.29, 1.82) is 0 Å². The van der Waals surface area contributed by atoms with E-state index in [0.29, 0.717) is 24.2 Å².